The predicted octanol–water partition coefficient (Wildman–Crippen LogP) is 2.80. The molecule has 0 unspecified atom stereocenters. The number of benzene rings is 1. The molecule has 3 nitrogen and oxygen atoms in total. The molecule has 1 N–H and O–H groups in total. The smallest absolute Gasteiger partial charge is 0.132 e. The van der Waals surface area contributed by atoms with Crippen LogP contribution >= 0.6 is 11.3 Å². The number of aromatic nitrogens is 1. The molecule has 0 atom stereocenters. The van der Waals surface area contributed by atoms with Gasteiger partial charge in [-0.2, -0.15) is 0 Å². The van der Waals surface area contributed by atoms with E-state index in [1.807, 2.05) is 6.92 Å². The number of hydrogen-bond acceptors (Lipinski definition) is 4. The Morgan fingerprint density at radius 1 is 1.29 bits per heavy atom. The Morgan fingerprint density at radius 3 is 2.81 bits per heavy atom. The molecule has 1 aliphatic rings. The highest BCUT2D eigenvalue weighted by atomic mass is 32.1. The highest BCUT2D eigenvalue weighted by Gasteiger charge is 2.17. The van der Waals surface area contributed by atoms with Gasteiger partial charge in [-0.25, -0.2) is 13.8 Å². The van der Waals surface area contributed by atoms with Crippen LogP contribution in [-0.4, -0.2) is 36.1 Å². The van der Waals surface area contributed by atoms with Crippen molar-refractivity contribution in [1.82, 2.24) is 15.2 Å². The van der Waals surface area contributed by atoms with Crippen molar-refractivity contribution >= 4 is 11.3 Å². The average molecular weight is 309 g/mol. The molecule has 0 amide bonds. The van der Waals surface area contributed by atoms with E-state index in [1.165, 1.54) is 6.07 Å². The lowest BCUT2D eigenvalue weighted by Gasteiger charge is -2.26. The van der Waals surface area contributed by atoms with Gasteiger partial charge in [-0.15, -0.1) is 11.3 Å². The van der Waals surface area contributed by atoms with Crippen LogP contribution in [0, 0.1) is 18.6 Å². The van der Waals surface area contributed by atoms with E-state index in [0.717, 1.165) is 54.7 Å². The van der Waals surface area contributed by atoms with Gasteiger partial charge in [0.15, 0.2) is 0 Å². The summed E-state index contributed by atoms with van der Waals surface area (Å²) in [6, 6.07) is 3.49. The molecule has 2 heterocycles. The Kier molecular flexibility index (Phi) is 4.28. The predicted molar refractivity (Wildman–Crippen MR) is 80.3 cm³/mol. The number of nitrogens with zero attached hydrogens (tertiary/aromatic N) is 2. The van der Waals surface area contributed by atoms with Crippen LogP contribution < -0.4 is 5.32 Å². The first-order chi connectivity index (χ1) is 10.1. The first kappa shape index (κ1) is 14.6. The molecule has 0 saturated carbocycles. The molecule has 0 spiro atoms. The van der Waals surface area contributed by atoms with Crippen LogP contribution in [0.3, 0.4) is 0 Å². The van der Waals surface area contributed by atoms with Gasteiger partial charge in [0.1, 0.15) is 16.6 Å². The summed E-state index contributed by atoms with van der Waals surface area (Å²) in [6.07, 6.45) is 0. The fourth-order valence-electron chi connectivity index (χ4n) is 2.51. The summed E-state index contributed by atoms with van der Waals surface area (Å²) in [7, 11) is 0. The van der Waals surface area contributed by atoms with E-state index in [4.69, 9.17) is 0 Å². The van der Waals surface area contributed by atoms with Crippen molar-refractivity contribution in [2.45, 2.75) is 13.5 Å². The quantitative estimate of drug-likeness (QED) is 0.945. The van der Waals surface area contributed by atoms with E-state index in [1.54, 1.807) is 11.3 Å². The summed E-state index contributed by atoms with van der Waals surface area (Å²) in [4.78, 5) is 7.77. The number of nitrogens with one attached hydrogen (secondary N) is 1. The number of thiazole rings is 1. The van der Waals surface area contributed by atoms with Crippen molar-refractivity contribution in [3.8, 4) is 11.3 Å². The molecule has 6 heteroatoms. The number of aryl methyl sites for hydroxylation is 1. The fourth-order valence-corrected chi connectivity index (χ4v) is 3.50. The summed E-state index contributed by atoms with van der Waals surface area (Å²) in [6.45, 7) is 6.61. The van der Waals surface area contributed by atoms with Crippen molar-refractivity contribution in [1.29, 1.82) is 0 Å². The Bertz CT molecular complexity index is 636. The minimum atomic E-state index is -0.442. The second kappa shape index (κ2) is 6.17. The largest absolute Gasteiger partial charge is 0.314 e. The van der Waals surface area contributed by atoms with Crippen LogP contribution in [0.4, 0.5) is 8.78 Å². The van der Waals surface area contributed by atoms with Crippen molar-refractivity contribution in [2.24, 2.45) is 0 Å². The normalized spacial score (nSPS) is 16.3. The number of hydrogen-bond donors (Lipinski definition) is 1. The lowest BCUT2D eigenvalue weighted by atomic mass is 10.1. The second-order valence-electron chi connectivity index (χ2n) is 5.16. The first-order valence-electron chi connectivity index (χ1n) is 6.98. The standard InChI is InChI=1S/C15H17F2N3S/c1-10-15(12-8-11(16)2-3-13(12)17)19-14(21-10)9-20-6-4-18-5-7-20/h2-3,8,18H,4-7,9H2,1H3. The molecule has 1 aromatic heterocycles. The summed E-state index contributed by atoms with van der Waals surface area (Å²) in [5.74, 6) is -0.874. The Balaban J connectivity index is 1.85. The lowest BCUT2D eigenvalue weighted by molar-refractivity contribution is 0.233. The van der Waals surface area contributed by atoms with Gasteiger partial charge in [-0.3, -0.25) is 4.90 Å². The van der Waals surface area contributed by atoms with E-state index in [-0.39, 0.29) is 5.56 Å². The van der Waals surface area contributed by atoms with Crippen LogP contribution in [0.5, 0.6) is 0 Å². The van der Waals surface area contributed by atoms with Gasteiger partial charge in [-0.1, -0.05) is 0 Å². The van der Waals surface area contributed by atoms with Crippen molar-refractivity contribution in [3.05, 3.63) is 39.7 Å². The highest BCUT2D eigenvalue weighted by Crippen LogP contribution is 2.30. The maximum atomic E-state index is 13.9. The SMILES string of the molecule is Cc1sc(CN2CCNCC2)nc1-c1cc(F)ccc1F. The van der Waals surface area contributed by atoms with E-state index < -0.39 is 11.6 Å². The Hall–Kier alpha value is -1.37. The molecule has 21 heavy (non-hydrogen) atoms. The number of piperazine rings is 1. The zero-order valence-corrected chi connectivity index (χ0v) is 12.6. The summed E-state index contributed by atoms with van der Waals surface area (Å²) in [5.41, 5.74) is 0.803. The molecule has 0 aliphatic carbocycles. The maximum Gasteiger partial charge on any atom is 0.132 e. The van der Waals surface area contributed by atoms with Gasteiger partial charge < -0.3 is 5.32 Å². The van der Waals surface area contributed by atoms with Crippen LogP contribution in [0.2, 0.25) is 0 Å². The minimum Gasteiger partial charge on any atom is -0.314 e. The monoisotopic (exact) mass is 309 g/mol. The molecular formula is C15H17F2N3S. The fraction of sp³-hybridized carbons (Fsp3) is 0.400. The molecule has 0 radical (unpaired) electrons. The number of halogens is 2. The molecule has 0 bridgehead atoms. The molecule has 112 valence electrons. The van der Waals surface area contributed by atoms with Gasteiger partial charge in [0.2, 0.25) is 0 Å². The molecule has 2 aromatic rings. The second-order valence-corrected chi connectivity index (χ2v) is 6.45. The summed E-state index contributed by atoms with van der Waals surface area (Å²) >= 11 is 1.56. The topological polar surface area (TPSA) is 28.2 Å². The maximum absolute atomic E-state index is 13.9. The highest BCUT2D eigenvalue weighted by molar-refractivity contribution is 7.12. The van der Waals surface area contributed by atoms with Gasteiger partial charge in [0.05, 0.1) is 12.2 Å². The van der Waals surface area contributed by atoms with Crippen LogP contribution in [0.25, 0.3) is 11.3 Å². The first-order valence-corrected chi connectivity index (χ1v) is 7.80. The third-order valence-electron chi connectivity index (χ3n) is 3.59. The molecule has 1 aliphatic heterocycles. The van der Waals surface area contributed by atoms with Gasteiger partial charge in [-0.05, 0) is 25.1 Å². The van der Waals surface area contributed by atoms with Gasteiger partial charge in [0, 0.05) is 36.6 Å². The van der Waals surface area contributed by atoms with Gasteiger partial charge in [0.25, 0.3) is 0 Å². The van der Waals surface area contributed by atoms with E-state index in [0.29, 0.717) is 5.69 Å². The summed E-state index contributed by atoms with van der Waals surface area (Å²) in [5, 5.41) is 4.26. The Labute approximate surface area is 126 Å². The number of rotatable bonds is 3. The third-order valence-corrected chi connectivity index (χ3v) is 4.55. The van der Waals surface area contributed by atoms with E-state index in [9.17, 15) is 8.78 Å². The van der Waals surface area contributed by atoms with E-state index in [2.05, 4.69) is 15.2 Å². The Morgan fingerprint density at radius 2 is 2.05 bits per heavy atom. The zero-order valence-electron chi connectivity index (χ0n) is 11.8. The zero-order chi connectivity index (χ0) is 14.8. The van der Waals surface area contributed by atoms with Crippen molar-refractivity contribution in [2.75, 3.05) is 26.2 Å². The molecule has 3 rings (SSSR count). The van der Waals surface area contributed by atoms with Crippen molar-refractivity contribution in [3.63, 3.8) is 0 Å². The van der Waals surface area contributed by atoms with Gasteiger partial charge >= 0.3 is 0 Å². The molecule has 1 saturated heterocycles. The van der Waals surface area contributed by atoms with Crippen LogP contribution in [0.1, 0.15) is 9.88 Å². The molecular weight excluding hydrogens is 292 g/mol. The third kappa shape index (κ3) is 3.28. The van der Waals surface area contributed by atoms with Crippen LogP contribution in [-0.2, 0) is 6.54 Å². The summed E-state index contributed by atoms with van der Waals surface area (Å²) < 4.78 is 27.2. The van der Waals surface area contributed by atoms with Crippen LogP contribution in [0.15, 0.2) is 18.2 Å². The molecule has 1 aromatic carbocycles. The van der Waals surface area contributed by atoms with Crippen molar-refractivity contribution < 1.29 is 8.78 Å². The lowest BCUT2D eigenvalue weighted by Crippen LogP contribution is -2.42. The minimum absolute atomic E-state index is 0.246. The molecule has 1 fully saturated rings. The van der Waals surface area contributed by atoms with E-state index >= 15 is 0 Å². The average Bonchev–Trinajstić information content (AvgIpc) is 2.83.